The van der Waals surface area contributed by atoms with Crippen molar-refractivity contribution in [3.63, 3.8) is 0 Å². The van der Waals surface area contributed by atoms with Crippen LogP contribution < -0.4 is 20.7 Å². The number of thioether (sulfide) groups is 1. The van der Waals surface area contributed by atoms with E-state index in [-0.39, 0.29) is 22.2 Å². The Morgan fingerprint density at radius 2 is 1.42 bits per heavy atom. The summed E-state index contributed by atoms with van der Waals surface area (Å²) in [7, 11) is 0. The van der Waals surface area contributed by atoms with Crippen LogP contribution in [0.2, 0.25) is 5.02 Å². The van der Waals surface area contributed by atoms with Crippen molar-refractivity contribution >= 4 is 58.5 Å². The third kappa shape index (κ3) is 9.12. The molecule has 0 radical (unpaired) electrons. The third-order valence-electron chi connectivity index (χ3n) is 6.96. The first-order valence-corrected chi connectivity index (χ1v) is 16.3. The Labute approximate surface area is 287 Å². The largest absolute Gasteiger partial charge is 0.494 e. The monoisotopic (exact) mass is 679 g/mol. The number of hydrogen-bond donors (Lipinski definition) is 3. The van der Waals surface area contributed by atoms with E-state index in [2.05, 4.69) is 16.0 Å². The highest BCUT2D eigenvalue weighted by Crippen LogP contribution is 2.37. The van der Waals surface area contributed by atoms with Crippen LogP contribution >= 0.6 is 23.4 Å². The smallest absolute Gasteiger partial charge is 0.272 e. The second-order valence-corrected chi connectivity index (χ2v) is 11.9. The van der Waals surface area contributed by atoms with Gasteiger partial charge in [0.25, 0.3) is 11.8 Å². The highest BCUT2D eigenvalue weighted by Gasteiger charge is 2.23. The Hall–Kier alpha value is -5.38. The number of halogens is 2. The van der Waals surface area contributed by atoms with Crippen LogP contribution in [0.15, 0.2) is 138 Å². The van der Waals surface area contributed by atoms with Crippen LogP contribution in [-0.2, 0) is 9.59 Å². The van der Waals surface area contributed by atoms with Crippen LogP contribution in [0, 0.1) is 5.82 Å². The molecule has 0 fully saturated rings. The molecule has 10 heteroatoms. The molecule has 0 aliphatic rings. The first-order chi connectivity index (χ1) is 23.3. The van der Waals surface area contributed by atoms with Gasteiger partial charge in [0.15, 0.2) is 0 Å². The zero-order valence-corrected chi connectivity index (χ0v) is 27.4. The summed E-state index contributed by atoms with van der Waals surface area (Å²) in [5.74, 6) is -1.37. The average molecular weight is 680 g/mol. The molecule has 0 aromatic heterocycles. The van der Waals surface area contributed by atoms with Gasteiger partial charge in [-0.1, -0.05) is 66.2 Å². The van der Waals surface area contributed by atoms with Crippen molar-refractivity contribution in [3.05, 3.63) is 161 Å². The third-order valence-corrected chi connectivity index (χ3v) is 8.55. The molecule has 0 heterocycles. The normalized spacial score (nSPS) is 11.7. The molecule has 3 amide bonds. The maximum atomic E-state index is 14.6. The Bertz CT molecular complexity index is 1880. The highest BCUT2D eigenvalue weighted by atomic mass is 35.5. The molecule has 0 spiro atoms. The zero-order valence-electron chi connectivity index (χ0n) is 25.8. The van der Waals surface area contributed by atoms with Gasteiger partial charge in [-0.3, -0.25) is 14.4 Å². The number of ether oxygens (including phenoxy) is 1. The molecule has 1 unspecified atom stereocenters. The van der Waals surface area contributed by atoms with E-state index >= 15 is 0 Å². The molecule has 3 N–H and O–H groups in total. The summed E-state index contributed by atoms with van der Waals surface area (Å²) >= 11 is 7.57. The number of nitrogens with one attached hydrogen (secondary N) is 3. The molecule has 0 saturated heterocycles. The summed E-state index contributed by atoms with van der Waals surface area (Å²) < 4.78 is 20.1. The standard InChI is InChI=1S/C38H31ClFN3O4S/c1-2-47-29-20-16-27(17-21-29)42-38(46)35(25-10-5-3-6-11-25)48-30-22-18-28(19-23-30)41-37(45)34(24-31-32(39)14-9-15-33(31)40)43-36(44)26-12-7-4-8-13-26/h3-24,35H,2H2,1H3,(H,41,45)(H,42,46)(H,43,44)/b34-24-. The SMILES string of the molecule is CCOc1ccc(NC(=O)C(Sc2ccc(NC(=O)/C(=C/c3c(F)cccc3Cl)NC(=O)c3ccccc3)cc2)c2ccccc2)cc1. The van der Waals surface area contributed by atoms with Crippen LogP contribution in [-0.4, -0.2) is 24.3 Å². The van der Waals surface area contributed by atoms with Crippen molar-refractivity contribution in [3.8, 4) is 5.75 Å². The van der Waals surface area contributed by atoms with E-state index in [1.54, 1.807) is 78.9 Å². The predicted molar refractivity (Wildman–Crippen MR) is 190 cm³/mol. The molecule has 0 aliphatic carbocycles. The number of carbonyl (C=O) groups excluding carboxylic acids is 3. The topological polar surface area (TPSA) is 96.5 Å². The van der Waals surface area contributed by atoms with Gasteiger partial charge in [0, 0.05) is 27.4 Å². The van der Waals surface area contributed by atoms with Gasteiger partial charge in [0.1, 0.15) is 22.5 Å². The fraction of sp³-hybridized carbons (Fsp3) is 0.0789. The molecule has 0 bridgehead atoms. The van der Waals surface area contributed by atoms with Crippen LogP contribution in [0.25, 0.3) is 6.08 Å². The number of carbonyl (C=O) groups is 3. The van der Waals surface area contributed by atoms with Gasteiger partial charge in [-0.05, 0) is 91.4 Å². The molecule has 5 rings (SSSR count). The molecule has 242 valence electrons. The lowest BCUT2D eigenvalue weighted by Gasteiger charge is -2.18. The van der Waals surface area contributed by atoms with E-state index in [1.807, 2.05) is 37.3 Å². The maximum Gasteiger partial charge on any atom is 0.272 e. The van der Waals surface area contributed by atoms with Crippen LogP contribution in [0.3, 0.4) is 0 Å². The summed E-state index contributed by atoms with van der Waals surface area (Å²) in [5.41, 5.74) is 1.95. The van der Waals surface area contributed by atoms with Gasteiger partial charge in [0.2, 0.25) is 5.91 Å². The summed E-state index contributed by atoms with van der Waals surface area (Å²) in [5, 5.41) is 7.82. The Morgan fingerprint density at radius 1 is 0.792 bits per heavy atom. The first-order valence-electron chi connectivity index (χ1n) is 15.0. The number of amides is 3. The molecular weight excluding hydrogens is 649 g/mol. The average Bonchev–Trinajstić information content (AvgIpc) is 3.10. The van der Waals surface area contributed by atoms with E-state index in [0.29, 0.717) is 29.3 Å². The van der Waals surface area contributed by atoms with Gasteiger partial charge < -0.3 is 20.7 Å². The minimum atomic E-state index is -0.684. The van der Waals surface area contributed by atoms with E-state index in [0.717, 1.165) is 10.5 Å². The van der Waals surface area contributed by atoms with Crippen LogP contribution in [0.4, 0.5) is 15.8 Å². The van der Waals surface area contributed by atoms with E-state index < -0.39 is 22.9 Å². The lowest BCUT2D eigenvalue weighted by Crippen LogP contribution is -2.30. The fourth-order valence-corrected chi connectivity index (χ4v) is 5.84. The van der Waals surface area contributed by atoms with Gasteiger partial charge in [-0.2, -0.15) is 0 Å². The van der Waals surface area contributed by atoms with Crippen LogP contribution in [0.5, 0.6) is 5.75 Å². The van der Waals surface area contributed by atoms with Crippen LogP contribution in [0.1, 0.15) is 33.7 Å². The Balaban J connectivity index is 1.33. The van der Waals surface area contributed by atoms with Crippen molar-refractivity contribution in [2.24, 2.45) is 0 Å². The Morgan fingerprint density at radius 3 is 2.06 bits per heavy atom. The molecule has 0 aliphatic heterocycles. The van der Waals surface area contributed by atoms with E-state index in [9.17, 15) is 18.8 Å². The lowest BCUT2D eigenvalue weighted by atomic mass is 10.1. The highest BCUT2D eigenvalue weighted by molar-refractivity contribution is 8.00. The van der Waals surface area contributed by atoms with Crippen molar-refractivity contribution in [2.75, 3.05) is 17.2 Å². The van der Waals surface area contributed by atoms with Crippen molar-refractivity contribution in [2.45, 2.75) is 17.1 Å². The van der Waals surface area contributed by atoms with E-state index in [4.69, 9.17) is 16.3 Å². The van der Waals surface area contributed by atoms with Crippen molar-refractivity contribution in [1.82, 2.24) is 5.32 Å². The first kappa shape index (κ1) is 34.0. The van der Waals surface area contributed by atoms with Gasteiger partial charge in [0.05, 0.1) is 11.6 Å². The summed E-state index contributed by atoms with van der Waals surface area (Å²) in [4.78, 5) is 40.7. The second kappa shape index (κ2) is 16.4. The number of anilines is 2. The zero-order chi connectivity index (χ0) is 33.9. The molecule has 5 aromatic carbocycles. The Kier molecular flexibility index (Phi) is 11.6. The molecule has 5 aromatic rings. The second-order valence-electron chi connectivity index (χ2n) is 10.3. The molecule has 1 atom stereocenters. The predicted octanol–water partition coefficient (Wildman–Crippen LogP) is 8.76. The molecule has 48 heavy (non-hydrogen) atoms. The summed E-state index contributed by atoms with van der Waals surface area (Å²) in [6.45, 7) is 2.45. The lowest BCUT2D eigenvalue weighted by molar-refractivity contribution is -0.116. The van der Waals surface area contributed by atoms with Gasteiger partial charge >= 0.3 is 0 Å². The molecular formula is C38H31ClFN3O4S. The minimum Gasteiger partial charge on any atom is -0.494 e. The van der Waals surface area contributed by atoms with E-state index in [1.165, 1.54) is 36.0 Å². The molecule has 0 saturated carbocycles. The maximum absolute atomic E-state index is 14.6. The van der Waals surface area contributed by atoms with Gasteiger partial charge in [-0.25, -0.2) is 4.39 Å². The number of rotatable bonds is 12. The van der Waals surface area contributed by atoms with Crippen molar-refractivity contribution < 1.29 is 23.5 Å². The molecule has 7 nitrogen and oxygen atoms in total. The van der Waals surface area contributed by atoms with Gasteiger partial charge in [-0.15, -0.1) is 11.8 Å². The van der Waals surface area contributed by atoms with Crippen molar-refractivity contribution in [1.29, 1.82) is 0 Å². The summed E-state index contributed by atoms with van der Waals surface area (Å²) in [6.07, 6.45) is 1.20. The fourth-order valence-electron chi connectivity index (χ4n) is 4.60. The number of benzene rings is 5. The number of hydrogen-bond acceptors (Lipinski definition) is 5. The summed E-state index contributed by atoms with van der Waals surface area (Å²) in [6, 6.07) is 36.0. The minimum absolute atomic E-state index is 0.0418. The quantitative estimate of drug-likeness (QED) is 0.0905.